The van der Waals surface area contributed by atoms with Crippen molar-refractivity contribution in [2.24, 2.45) is 0 Å². The van der Waals surface area contributed by atoms with Crippen LogP contribution in [0.15, 0.2) is 97.1 Å². The molecule has 0 aliphatic heterocycles. The Morgan fingerprint density at radius 2 is 0.871 bits per heavy atom. The Bertz CT molecular complexity index is 1500. The molecular formula is C31H24. The van der Waals surface area contributed by atoms with Crippen LogP contribution in [0.4, 0.5) is 0 Å². The summed E-state index contributed by atoms with van der Waals surface area (Å²) in [5, 5.41) is 10.7. The van der Waals surface area contributed by atoms with E-state index in [1.165, 1.54) is 65.3 Å². The van der Waals surface area contributed by atoms with Crippen LogP contribution in [0, 0.1) is 13.8 Å². The Balaban J connectivity index is 1.60. The average Bonchev–Trinajstić information content (AvgIpc) is 2.78. The summed E-state index contributed by atoms with van der Waals surface area (Å²) in [6.45, 7) is 4.43. The predicted octanol–water partition coefficient (Wildman–Crippen LogP) is 8.51. The van der Waals surface area contributed by atoms with Crippen molar-refractivity contribution in [3.05, 3.63) is 119 Å². The molecule has 0 unspecified atom stereocenters. The monoisotopic (exact) mass is 396 g/mol. The van der Waals surface area contributed by atoms with E-state index in [4.69, 9.17) is 0 Å². The quantitative estimate of drug-likeness (QED) is 0.257. The largest absolute Gasteiger partial charge is 0.0616 e. The lowest BCUT2D eigenvalue weighted by Crippen LogP contribution is -1.95. The molecule has 0 aliphatic rings. The second-order valence-corrected chi connectivity index (χ2v) is 8.79. The van der Waals surface area contributed by atoms with Gasteiger partial charge < -0.3 is 0 Å². The molecule has 0 fully saturated rings. The molecule has 0 aliphatic carbocycles. The molecule has 0 radical (unpaired) electrons. The summed E-state index contributed by atoms with van der Waals surface area (Å²) in [5.74, 6) is 0. The van der Waals surface area contributed by atoms with Crippen LogP contribution in [0.2, 0.25) is 0 Å². The topological polar surface area (TPSA) is 0 Å². The maximum atomic E-state index is 2.37. The molecule has 0 nitrogen and oxygen atoms in total. The van der Waals surface area contributed by atoms with Gasteiger partial charge in [-0.15, -0.1) is 0 Å². The smallest absolute Gasteiger partial charge is 0.00133 e. The van der Waals surface area contributed by atoms with E-state index in [1.54, 1.807) is 0 Å². The highest BCUT2D eigenvalue weighted by Crippen LogP contribution is 2.34. The number of hydrogen-bond acceptors (Lipinski definition) is 0. The van der Waals surface area contributed by atoms with E-state index in [9.17, 15) is 0 Å². The fourth-order valence-electron chi connectivity index (χ4n) is 5.20. The highest BCUT2D eigenvalue weighted by molar-refractivity contribution is 6.10. The van der Waals surface area contributed by atoms with Crippen molar-refractivity contribution >= 4 is 43.1 Å². The van der Waals surface area contributed by atoms with Gasteiger partial charge in [-0.05, 0) is 74.5 Å². The minimum absolute atomic E-state index is 0.938. The second-order valence-electron chi connectivity index (χ2n) is 8.79. The minimum Gasteiger partial charge on any atom is -0.0616 e. The molecule has 0 saturated heterocycles. The zero-order valence-corrected chi connectivity index (χ0v) is 17.9. The third-order valence-corrected chi connectivity index (χ3v) is 6.56. The van der Waals surface area contributed by atoms with Gasteiger partial charge in [0.2, 0.25) is 0 Å². The van der Waals surface area contributed by atoms with Crippen molar-refractivity contribution < 1.29 is 0 Å². The maximum absolute atomic E-state index is 2.37. The highest BCUT2D eigenvalue weighted by atomic mass is 14.1. The van der Waals surface area contributed by atoms with Crippen LogP contribution < -0.4 is 0 Å². The lowest BCUT2D eigenvalue weighted by Gasteiger charge is -2.14. The van der Waals surface area contributed by atoms with Gasteiger partial charge in [0, 0.05) is 0 Å². The van der Waals surface area contributed by atoms with Gasteiger partial charge in [-0.2, -0.15) is 0 Å². The van der Waals surface area contributed by atoms with Gasteiger partial charge in [0.15, 0.2) is 0 Å². The summed E-state index contributed by atoms with van der Waals surface area (Å²) in [4.78, 5) is 0. The van der Waals surface area contributed by atoms with Crippen LogP contribution in [0.25, 0.3) is 43.1 Å². The Labute approximate surface area is 182 Å². The molecule has 0 heteroatoms. The normalized spacial score (nSPS) is 11.7. The first-order valence-electron chi connectivity index (χ1n) is 11.0. The Kier molecular flexibility index (Phi) is 4.07. The van der Waals surface area contributed by atoms with E-state index in [0.29, 0.717) is 0 Å². The van der Waals surface area contributed by atoms with Crippen LogP contribution in [-0.4, -0.2) is 0 Å². The fourth-order valence-corrected chi connectivity index (χ4v) is 5.20. The van der Waals surface area contributed by atoms with Crippen molar-refractivity contribution in [2.45, 2.75) is 20.3 Å². The number of fused-ring (bicyclic) bond motifs is 6. The van der Waals surface area contributed by atoms with E-state index < -0.39 is 0 Å². The molecule has 31 heavy (non-hydrogen) atoms. The van der Waals surface area contributed by atoms with E-state index in [0.717, 1.165) is 6.42 Å². The highest BCUT2D eigenvalue weighted by Gasteiger charge is 2.11. The van der Waals surface area contributed by atoms with Gasteiger partial charge in [-0.25, -0.2) is 0 Å². The van der Waals surface area contributed by atoms with Crippen LogP contribution in [0.1, 0.15) is 22.3 Å². The molecule has 6 aromatic carbocycles. The van der Waals surface area contributed by atoms with Gasteiger partial charge in [-0.3, -0.25) is 0 Å². The van der Waals surface area contributed by atoms with Gasteiger partial charge in [0.1, 0.15) is 0 Å². The lowest BCUT2D eigenvalue weighted by molar-refractivity contribution is 1.22. The number of benzene rings is 6. The standard InChI is InChI=1S/C31H24/c1-20-15-24(28-13-11-22-7-3-5-9-26(22)30(28)17-20)19-25-16-21(2)18-31-27-10-6-4-8-23(27)12-14-29(25)31/h3-18H,19H2,1-2H3. The van der Waals surface area contributed by atoms with Crippen molar-refractivity contribution in [2.75, 3.05) is 0 Å². The van der Waals surface area contributed by atoms with Crippen molar-refractivity contribution in [1.82, 2.24) is 0 Å². The summed E-state index contributed by atoms with van der Waals surface area (Å²) in [6, 6.07) is 36.0. The van der Waals surface area contributed by atoms with Crippen molar-refractivity contribution in [1.29, 1.82) is 0 Å². The summed E-state index contributed by atoms with van der Waals surface area (Å²) < 4.78 is 0. The van der Waals surface area contributed by atoms with Crippen LogP contribution in [0.3, 0.4) is 0 Å². The first-order chi connectivity index (χ1) is 15.2. The SMILES string of the molecule is Cc1cc(Cc2cc(C)cc3c2ccc2ccccc23)c2ccc3ccccc3c2c1. The molecule has 0 spiro atoms. The molecule has 148 valence electrons. The van der Waals surface area contributed by atoms with E-state index in [-0.39, 0.29) is 0 Å². The molecule has 6 aromatic rings. The van der Waals surface area contributed by atoms with Crippen LogP contribution in [0.5, 0.6) is 0 Å². The third kappa shape index (κ3) is 2.99. The lowest BCUT2D eigenvalue weighted by atomic mass is 9.90. The fraction of sp³-hybridized carbons (Fsp3) is 0.0968. The summed E-state index contributed by atoms with van der Waals surface area (Å²) in [7, 11) is 0. The van der Waals surface area contributed by atoms with Gasteiger partial charge >= 0.3 is 0 Å². The number of rotatable bonds is 2. The molecular weight excluding hydrogens is 372 g/mol. The maximum Gasteiger partial charge on any atom is -0.00133 e. The van der Waals surface area contributed by atoms with Gasteiger partial charge in [0.05, 0.1) is 0 Å². The average molecular weight is 397 g/mol. The third-order valence-electron chi connectivity index (χ3n) is 6.56. The van der Waals surface area contributed by atoms with Crippen molar-refractivity contribution in [3.8, 4) is 0 Å². The zero-order valence-electron chi connectivity index (χ0n) is 17.9. The zero-order chi connectivity index (χ0) is 20.9. The van der Waals surface area contributed by atoms with E-state index >= 15 is 0 Å². The molecule has 0 aromatic heterocycles. The van der Waals surface area contributed by atoms with Crippen LogP contribution >= 0.6 is 0 Å². The molecule has 0 saturated carbocycles. The molecule has 0 N–H and O–H groups in total. The van der Waals surface area contributed by atoms with Gasteiger partial charge in [-0.1, -0.05) is 108 Å². The Morgan fingerprint density at radius 1 is 0.419 bits per heavy atom. The van der Waals surface area contributed by atoms with E-state index in [1.807, 2.05) is 0 Å². The van der Waals surface area contributed by atoms with Crippen molar-refractivity contribution in [3.63, 3.8) is 0 Å². The second kappa shape index (κ2) is 6.96. The van der Waals surface area contributed by atoms with Crippen LogP contribution in [-0.2, 0) is 6.42 Å². The summed E-state index contributed by atoms with van der Waals surface area (Å²) >= 11 is 0. The Morgan fingerprint density at radius 3 is 1.35 bits per heavy atom. The Hall–Kier alpha value is -3.64. The predicted molar refractivity (Wildman–Crippen MR) is 135 cm³/mol. The summed E-state index contributed by atoms with van der Waals surface area (Å²) in [6.07, 6.45) is 0.938. The van der Waals surface area contributed by atoms with Gasteiger partial charge in [0.25, 0.3) is 0 Å². The minimum atomic E-state index is 0.938. The molecule has 0 amide bonds. The molecule has 0 heterocycles. The van der Waals surface area contributed by atoms with E-state index in [2.05, 4.69) is 111 Å². The number of hydrogen-bond donors (Lipinski definition) is 0. The summed E-state index contributed by atoms with van der Waals surface area (Å²) in [5.41, 5.74) is 5.45. The molecule has 6 rings (SSSR count). The first kappa shape index (κ1) is 18.2. The first-order valence-corrected chi connectivity index (χ1v) is 11.0. The number of aryl methyl sites for hydroxylation is 2. The molecule has 0 bridgehead atoms. The molecule has 0 atom stereocenters.